The van der Waals surface area contributed by atoms with Gasteiger partial charge in [-0.1, -0.05) is 54.6 Å². The van der Waals surface area contributed by atoms with Gasteiger partial charge in [0.2, 0.25) is 5.91 Å². The molecule has 1 aliphatic carbocycles. The number of amides is 1. The van der Waals surface area contributed by atoms with Crippen LogP contribution in [0.5, 0.6) is 0 Å². The van der Waals surface area contributed by atoms with Crippen molar-refractivity contribution < 1.29 is 4.79 Å². The molecule has 3 aromatic rings. The number of pyridine rings is 1. The van der Waals surface area contributed by atoms with E-state index in [1.165, 1.54) is 0 Å². The number of nitrogens with zero attached hydrogens (tertiary/aromatic N) is 1. The first-order valence-electron chi connectivity index (χ1n) is 7.50. The largest absolute Gasteiger partial charge is 0.309 e. The molecule has 0 radical (unpaired) electrons. The van der Waals surface area contributed by atoms with Crippen molar-refractivity contribution in [2.45, 2.75) is 18.3 Å². The number of carbonyl (C=O) groups is 1. The summed E-state index contributed by atoms with van der Waals surface area (Å²) >= 11 is 0. The first kappa shape index (κ1) is 13.0. The summed E-state index contributed by atoms with van der Waals surface area (Å²) in [7, 11) is 0. The van der Waals surface area contributed by atoms with E-state index in [9.17, 15) is 4.79 Å². The van der Waals surface area contributed by atoms with E-state index in [-0.39, 0.29) is 11.3 Å². The summed E-state index contributed by atoms with van der Waals surface area (Å²) in [6, 6.07) is 19.9. The van der Waals surface area contributed by atoms with Crippen LogP contribution in [-0.2, 0) is 10.2 Å². The zero-order chi connectivity index (χ0) is 15.0. The van der Waals surface area contributed by atoms with E-state index in [4.69, 9.17) is 0 Å². The second-order valence-electron chi connectivity index (χ2n) is 5.78. The third-order valence-corrected chi connectivity index (χ3v) is 4.42. The number of rotatable bonds is 3. The number of aromatic nitrogens is 1. The van der Waals surface area contributed by atoms with Crippen molar-refractivity contribution in [1.29, 1.82) is 0 Å². The summed E-state index contributed by atoms with van der Waals surface area (Å²) in [6.07, 6.45) is 3.53. The standard InChI is InChI=1S/C19H16N2O/c22-18(19(11-12-19)15-7-2-1-3-8-15)21-17-16-9-5-4-6-14(16)10-13-20-17/h1-10,13H,11-12H2,(H,20,21,22). The highest BCUT2D eigenvalue weighted by molar-refractivity contribution is 6.05. The Morgan fingerprint density at radius 3 is 2.45 bits per heavy atom. The Kier molecular flexibility index (Phi) is 2.93. The number of carbonyl (C=O) groups excluding carboxylic acids is 1. The lowest BCUT2D eigenvalue weighted by atomic mass is 9.95. The molecule has 0 saturated heterocycles. The molecule has 1 saturated carbocycles. The van der Waals surface area contributed by atoms with E-state index in [1.54, 1.807) is 6.20 Å². The predicted molar refractivity (Wildman–Crippen MR) is 87.7 cm³/mol. The molecule has 2 aromatic carbocycles. The molecule has 1 fully saturated rings. The fourth-order valence-corrected chi connectivity index (χ4v) is 2.98. The Morgan fingerprint density at radius 1 is 0.955 bits per heavy atom. The highest BCUT2D eigenvalue weighted by atomic mass is 16.2. The van der Waals surface area contributed by atoms with Gasteiger partial charge in [-0.15, -0.1) is 0 Å². The second kappa shape index (κ2) is 4.95. The number of nitrogens with one attached hydrogen (secondary N) is 1. The average molecular weight is 288 g/mol. The molecule has 1 aliphatic rings. The topological polar surface area (TPSA) is 42.0 Å². The van der Waals surface area contributed by atoms with Crippen LogP contribution < -0.4 is 5.32 Å². The molecule has 1 aromatic heterocycles. The number of hydrogen-bond acceptors (Lipinski definition) is 2. The maximum absolute atomic E-state index is 12.8. The van der Waals surface area contributed by atoms with Crippen molar-refractivity contribution in [2.75, 3.05) is 5.32 Å². The normalized spacial score (nSPS) is 15.5. The summed E-state index contributed by atoms with van der Waals surface area (Å²) in [5.41, 5.74) is 0.715. The van der Waals surface area contributed by atoms with Gasteiger partial charge in [0.1, 0.15) is 5.82 Å². The van der Waals surface area contributed by atoms with E-state index >= 15 is 0 Å². The van der Waals surface area contributed by atoms with Crippen LogP contribution in [0, 0.1) is 0 Å². The Bertz CT molecular complexity index is 833. The summed E-state index contributed by atoms with van der Waals surface area (Å²) in [6.45, 7) is 0. The van der Waals surface area contributed by atoms with E-state index in [0.717, 1.165) is 29.2 Å². The zero-order valence-corrected chi connectivity index (χ0v) is 12.1. The molecule has 0 aliphatic heterocycles. The van der Waals surface area contributed by atoms with Crippen molar-refractivity contribution in [1.82, 2.24) is 4.98 Å². The van der Waals surface area contributed by atoms with Crippen molar-refractivity contribution in [2.24, 2.45) is 0 Å². The zero-order valence-electron chi connectivity index (χ0n) is 12.1. The monoisotopic (exact) mass is 288 g/mol. The van der Waals surface area contributed by atoms with Crippen LogP contribution in [0.2, 0.25) is 0 Å². The Labute approximate surface area is 129 Å². The van der Waals surface area contributed by atoms with Crippen LogP contribution in [0.3, 0.4) is 0 Å². The Morgan fingerprint density at radius 2 is 1.68 bits per heavy atom. The van der Waals surface area contributed by atoms with Gasteiger partial charge in [0.25, 0.3) is 0 Å². The molecule has 3 heteroatoms. The van der Waals surface area contributed by atoms with Gasteiger partial charge < -0.3 is 5.32 Å². The molecule has 108 valence electrons. The molecule has 0 atom stereocenters. The van der Waals surface area contributed by atoms with Gasteiger partial charge in [-0.3, -0.25) is 4.79 Å². The van der Waals surface area contributed by atoms with Gasteiger partial charge in [0.15, 0.2) is 0 Å². The van der Waals surface area contributed by atoms with Crippen molar-refractivity contribution in [3.05, 3.63) is 72.4 Å². The molecule has 1 N–H and O–H groups in total. The van der Waals surface area contributed by atoms with Crippen LogP contribution >= 0.6 is 0 Å². The third-order valence-electron chi connectivity index (χ3n) is 4.42. The number of anilines is 1. The van der Waals surface area contributed by atoms with Crippen LogP contribution in [0.4, 0.5) is 5.82 Å². The van der Waals surface area contributed by atoms with Gasteiger partial charge in [-0.2, -0.15) is 0 Å². The first-order chi connectivity index (χ1) is 10.8. The minimum atomic E-state index is -0.375. The van der Waals surface area contributed by atoms with Gasteiger partial charge in [0, 0.05) is 11.6 Å². The smallest absolute Gasteiger partial charge is 0.236 e. The van der Waals surface area contributed by atoms with Crippen LogP contribution in [0.25, 0.3) is 10.8 Å². The fraction of sp³-hybridized carbons (Fsp3) is 0.158. The van der Waals surface area contributed by atoms with Gasteiger partial charge >= 0.3 is 0 Å². The molecular weight excluding hydrogens is 272 g/mol. The molecule has 1 amide bonds. The number of fused-ring (bicyclic) bond motifs is 1. The minimum absolute atomic E-state index is 0.0440. The van der Waals surface area contributed by atoms with Crippen molar-refractivity contribution in [3.63, 3.8) is 0 Å². The highest BCUT2D eigenvalue weighted by Gasteiger charge is 2.51. The van der Waals surface area contributed by atoms with E-state index in [2.05, 4.69) is 10.3 Å². The lowest BCUT2D eigenvalue weighted by Gasteiger charge is -2.16. The number of benzene rings is 2. The molecule has 3 nitrogen and oxygen atoms in total. The van der Waals surface area contributed by atoms with Crippen molar-refractivity contribution >= 4 is 22.5 Å². The van der Waals surface area contributed by atoms with Crippen LogP contribution in [0.15, 0.2) is 66.9 Å². The summed E-state index contributed by atoms with van der Waals surface area (Å²) in [4.78, 5) is 17.1. The van der Waals surface area contributed by atoms with E-state index in [1.807, 2.05) is 60.7 Å². The molecule has 22 heavy (non-hydrogen) atoms. The Balaban J connectivity index is 1.67. The summed E-state index contributed by atoms with van der Waals surface area (Å²) in [5.74, 6) is 0.688. The fourth-order valence-electron chi connectivity index (χ4n) is 2.98. The summed E-state index contributed by atoms with van der Waals surface area (Å²) < 4.78 is 0. The van der Waals surface area contributed by atoms with Gasteiger partial charge in [-0.25, -0.2) is 4.98 Å². The lowest BCUT2D eigenvalue weighted by Crippen LogP contribution is -2.28. The van der Waals surface area contributed by atoms with Crippen LogP contribution in [0.1, 0.15) is 18.4 Å². The van der Waals surface area contributed by atoms with Gasteiger partial charge in [0.05, 0.1) is 5.41 Å². The predicted octanol–water partition coefficient (Wildman–Crippen LogP) is 3.91. The van der Waals surface area contributed by atoms with E-state index < -0.39 is 0 Å². The summed E-state index contributed by atoms with van der Waals surface area (Å²) in [5, 5.41) is 5.09. The quantitative estimate of drug-likeness (QED) is 0.794. The molecule has 4 rings (SSSR count). The van der Waals surface area contributed by atoms with Gasteiger partial charge in [-0.05, 0) is 29.9 Å². The lowest BCUT2D eigenvalue weighted by molar-refractivity contribution is -0.118. The highest BCUT2D eigenvalue weighted by Crippen LogP contribution is 2.49. The maximum Gasteiger partial charge on any atom is 0.236 e. The molecule has 1 heterocycles. The van der Waals surface area contributed by atoms with Crippen molar-refractivity contribution in [3.8, 4) is 0 Å². The van der Waals surface area contributed by atoms with E-state index in [0.29, 0.717) is 5.82 Å². The number of hydrogen-bond donors (Lipinski definition) is 1. The molecule has 0 spiro atoms. The molecule has 0 unspecified atom stereocenters. The van der Waals surface area contributed by atoms with Crippen LogP contribution in [-0.4, -0.2) is 10.9 Å². The SMILES string of the molecule is O=C(Nc1nccc2ccccc12)C1(c2ccccc2)CC1. The maximum atomic E-state index is 12.8. The average Bonchev–Trinajstić information content (AvgIpc) is 3.38. The molecular formula is C19H16N2O. The molecule has 0 bridgehead atoms. The third kappa shape index (κ3) is 2.06. The minimum Gasteiger partial charge on any atom is -0.309 e. The first-order valence-corrected chi connectivity index (χ1v) is 7.50. The second-order valence-corrected chi connectivity index (χ2v) is 5.78. The Hall–Kier alpha value is -2.68.